The van der Waals surface area contributed by atoms with Crippen LogP contribution < -0.4 is 5.32 Å². The van der Waals surface area contributed by atoms with Gasteiger partial charge in [-0.25, -0.2) is 0 Å². The molecule has 1 N–H and O–H groups in total. The minimum absolute atomic E-state index is 0.0892. The first kappa shape index (κ1) is 15.7. The molecule has 3 amide bonds. The lowest BCUT2D eigenvalue weighted by molar-refractivity contribution is -0.122. The van der Waals surface area contributed by atoms with Crippen LogP contribution in [0.5, 0.6) is 0 Å². The molecule has 1 aromatic rings. The standard InChI is InChI=1S/C15H17BrN2O3/c1-15(2,3)17-12(19)6-7-18-13(20)10-5-4-9(16)8-11(10)14(18)21/h4-5,8H,6-7H2,1-3H3,(H,17,19). The van der Waals surface area contributed by atoms with Crippen molar-refractivity contribution in [2.75, 3.05) is 6.54 Å². The number of imide groups is 1. The Morgan fingerprint density at radius 3 is 2.43 bits per heavy atom. The molecule has 0 spiro atoms. The third-order valence-corrected chi connectivity index (χ3v) is 3.50. The number of nitrogens with one attached hydrogen (secondary N) is 1. The number of benzene rings is 1. The van der Waals surface area contributed by atoms with E-state index in [1.54, 1.807) is 18.2 Å². The van der Waals surface area contributed by atoms with E-state index in [-0.39, 0.29) is 36.2 Å². The van der Waals surface area contributed by atoms with Gasteiger partial charge in [0.1, 0.15) is 0 Å². The van der Waals surface area contributed by atoms with Crippen LogP contribution in [0.3, 0.4) is 0 Å². The number of carbonyl (C=O) groups excluding carboxylic acids is 3. The summed E-state index contributed by atoms with van der Waals surface area (Å²) in [4.78, 5) is 37.3. The summed E-state index contributed by atoms with van der Waals surface area (Å²) in [6.45, 7) is 5.73. The van der Waals surface area contributed by atoms with Crippen molar-refractivity contribution in [1.29, 1.82) is 0 Å². The number of halogens is 1. The van der Waals surface area contributed by atoms with Gasteiger partial charge in [0.15, 0.2) is 0 Å². The van der Waals surface area contributed by atoms with Crippen molar-refractivity contribution in [2.45, 2.75) is 32.7 Å². The van der Waals surface area contributed by atoms with Crippen molar-refractivity contribution in [3.8, 4) is 0 Å². The predicted molar refractivity (Wildman–Crippen MR) is 82.0 cm³/mol. The van der Waals surface area contributed by atoms with Crippen molar-refractivity contribution in [2.24, 2.45) is 0 Å². The Morgan fingerprint density at radius 1 is 1.19 bits per heavy atom. The second-order valence-corrected chi connectivity index (χ2v) is 6.92. The third kappa shape index (κ3) is 3.50. The Kier molecular flexibility index (Phi) is 4.18. The largest absolute Gasteiger partial charge is 0.351 e. The molecule has 112 valence electrons. The molecule has 6 heteroatoms. The predicted octanol–water partition coefficient (Wildman–Crippen LogP) is 2.35. The Morgan fingerprint density at radius 2 is 1.81 bits per heavy atom. The molecular formula is C15H17BrN2O3. The van der Waals surface area contributed by atoms with E-state index in [0.717, 1.165) is 9.37 Å². The maximum atomic E-state index is 12.2. The molecule has 5 nitrogen and oxygen atoms in total. The lowest BCUT2D eigenvalue weighted by atomic mass is 10.1. The number of fused-ring (bicyclic) bond motifs is 1. The molecule has 2 rings (SSSR count). The molecule has 0 atom stereocenters. The van der Waals surface area contributed by atoms with Crippen LogP contribution in [0.15, 0.2) is 22.7 Å². The van der Waals surface area contributed by atoms with Gasteiger partial charge in [-0.2, -0.15) is 0 Å². The number of hydrogen-bond donors (Lipinski definition) is 1. The Hall–Kier alpha value is -1.69. The van der Waals surface area contributed by atoms with Gasteiger partial charge in [0.25, 0.3) is 11.8 Å². The topological polar surface area (TPSA) is 66.5 Å². The highest BCUT2D eigenvalue weighted by Gasteiger charge is 2.35. The van der Waals surface area contributed by atoms with Crippen LogP contribution in [-0.4, -0.2) is 34.7 Å². The zero-order valence-electron chi connectivity index (χ0n) is 12.2. The van der Waals surface area contributed by atoms with Gasteiger partial charge in [-0.1, -0.05) is 15.9 Å². The summed E-state index contributed by atoms with van der Waals surface area (Å²) in [5.41, 5.74) is 0.439. The zero-order valence-corrected chi connectivity index (χ0v) is 13.8. The van der Waals surface area contributed by atoms with Crippen LogP contribution in [0.2, 0.25) is 0 Å². The number of amides is 3. The Labute approximate surface area is 131 Å². The van der Waals surface area contributed by atoms with Crippen molar-refractivity contribution >= 4 is 33.7 Å². The average Bonchev–Trinajstić information content (AvgIpc) is 2.57. The fourth-order valence-corrected chi connectivity index (χ4v) is 2.52. The molecule has 0 fully saturated rings. The van der Waals surface area contributed by atoms with Gasteiger partial charge in [0.05, 0.1) is 11.1 Å². The van der Waals surface area contributed by atoms with E-state index in [9.17, 15) is 14.4 Å². The van der Waals surface area contributed by atoms with E-state index < -0.39 is 0 Å². The highest BCUT2D eigenvalue weighted by Crippen LogP contribution is 2.26. The summed E-state index contributed by atoms with van der Waals surface area (Å²) < 4.78 is 0.745. The second kappa shape index (κ2) is 5.60. The van der Waals surface area contributed by atoms with E-state index in [1.807, 2.05) is 20.8 Å². The zero-order chi connectivity index (χ0) is 15.8. The quantitative estimate of drug-likeness (QED) is 0.849. The molecule has 0 unspecified atom stereocenters. The average molecular weight is 353 g/mol. The van der Waals surface area contributed by atoms with E-state index in [1.165, 1.54) is 0 Å². The number of hydrogen-bond acceptors (Lipinski definition) is 3. The summed E-state index contributed by atoms with van der Waals surface area (Å²) in [7, 11) is 0. The maximum Gasteiger partial charge on any atom is 0.261 e. The monoisotopic (exact) mass is 352 g/mol. The van der Waals surface area contributed by atoms with E-state index >= 15 is 0 Å². The van der Waals surface area contributed by atoms with Crippen LogP contribution in [0.1, 0.15) is 47.9 Å². The molecular weight excluding hydrogens is 336 g/mol. The van der Waals surface area contributed by atoms with E-state index in [0.29, 0.717) is 11.1 Å². The molecule has 1 heterocycles. The van der Waals surface area contributed by atoms with Crippen LogP contribution in [0.25, 0.3) is 0 Å². The van der Waals surface area contributed by atoms with Crippen molar-refractivity contribution in [1.82, 2.24) is 10.2 Å². The highest BCUT2D eigenvalue weighted by molar-refractivity contribution is 9.10. The van der Waals surface area contributed by atoms with Crippen molar-refractivity contribution < 1.29 is 14.4 Å². The highest BCUT2D eigenvalue weighted by atomic mass is 79.9. The Bertz CT molecular complexity index is 620. The SMILES string of the molecule is CC(C)(C)NC(=O)CCN1C(=O)c2ccc(Br)cc2C1=O. The van der Waals surface area contributed by atoms with E-state index in [4.69, 9.17) is 0 Å². The third-order valence-electron chi connectivity index (χ3n) is 3.01. The van der Waals surface area contributed by atoms with Gasteiger partial charge in [0, 0.05) is 23.0 Å². The lowest BCUT2D eigenvalue weighted by Crippen LogP contribution is -2.42. The van der Waals surface area contributed by atoms with Crippen molar-refractivity contribution in [3.63, 3.8) is 0 Å². The number of rotatable bonds is 3. The molecule has 0 aromatic heterocycles. The molecule has 0 saturated carbocycles. The molecule has 0 aliphatic carbocycles. The lowest BCUT2D eigenvalue weighted by Gasteiger charge is -2.21. The summed E-state index contributed by atoms with van der Waals surface area (Å²) in [6.07, 6.45) is 0.101. The molecule has 0 radical (unpaired) electrons. The van der Waals surface area contributed by atoms with Crippen LogP contribution in [0.4, 0.5) is 0 Å². The first-order valence-electron chi connectivity index (χ1n) is 6.66. The summed E-state index contributed by atoms with van der Waals surface area (Å²) in [6, 6.07) is 4.97. The molecule has 1 aromatic carbocycles. The van der Waals surface area contributed by atoms with Crippen LogP contribution >= 0.6 is 15.9 Å². The molecule has 0 bridgehead atoms. The van der Waals surface area contributed by atoms with E-state index in [2.05, 4.69) is 21.2 Å². The molecule has 1 aliphatic rings. The number of nitrogens with zero attached hydrogens (tertiary/aromatic N) is 1. The smallest absolute Gasteiger partial charge is 0.261 e. The second-order valence-electron chi connectivity index (χ2n) is 6.00. The summed E-state index contributed by atoms with van der Waals surface area (Å²) in [5, 5.41) is 2.81. The molecule has 1 aliphatic heterocycles. The van der Waals surface area contributed by atoms with Gasteiger partial charge in [-0.15, -0.1) is 0 Å². The van der Waals surface area contributed by atoms with Crippen LogP contribution in [0, 0.1) is 0 Å². The minimum Gasteiger partial charge on any atom is -0.351 e. The van der Waals surface area contributed by atoms with Gasteiger partial charge in [0.2, 0.25) is 5.91 Å². The van der Waals surface area contributed by atoms with Gasteiger partial charge < -0.3 is 5.32 Å². The Balaban J connectivity index is 2.05. The first-order valence-corrected chi connectivity index (χ1v) is 7.45. The first-order chi connectivity index (χ1) is 9.69. The summed E-state index contributed by atoms with van der Waals surface area (Å²) >= 11 is 3.28. The summed E-state index contributed by atoms with van der Waals surface area (Å²) in [5.74, 6) is -0.869. The van der Waals surface area contributed by atoms with Crippen LogP contribution in [-0.2, 0) is 4.79 Å². The fraction of sp³-hybridized carbons (Fsp3) is 0.400. The van der Waals surface area contributed by atoms with Gasteiger partial charge in [-0.3, -0.25) is 19.3 Å². The van der Waals surface area contributed by atoms with Gasteiger partial charge >= 0.3 is 0 Å². The van der Waals surface area contributed by atoms with Gasteiger partial charge in [-0.05, 0) is 39.0 Å². The molecule has 0 saturated heterocycles. The van der Waals surface area contributed by atoms with Crippen molar-refractivity contribution in [3.05, 3.63) is 33.8 Å². The molecule has 21 heavy (non-hydrogen) atoms. The fourth-order valence-electron chi connectivity index (χ4n) is 2.16. The minimum atomic E-state index is -0.347. The number of carbonyl (C=O) groups is 3. The normalized spacial score (nSPS) is 14.4. The maximum absolute atomic E-state index is 12.2.